The minimum atomic E-state index is 0.415. The summed E-state index contributed by atoms with van der Waals surface area (Å²) in [6.45, 7) is 2.15. The molecule has 0 fully saturated rings. The molecule has 1 aromatic heterocycles. The fourth-order valence-corrected chi connectivity index (χ4v) is 2.17. The van der Waals surface area contributed by atoms with Crippen LogP contribution in [0.4, 0.5) is 5.82 Å². The molecule has 3 heteroatoms. The lowest BCUT2D eigenvalue weighted by atomic mass is 10.1. The molecule has 20 heavy (non-hydrogen) atoms. The van der Waals surface area contributed by atoms with Crippen LogP contribution in [0.3, 0.4) is 0 Å². The van der Waals surface area contributed by atoms with Crippen molar-refractivity contribution in [2.75, 3.05) is 5.32 Å². The van der Waals surface area contributed by atoms with Crippen molar-refractivity contribution in [3.63, 3.8) is 0 Å². The Morgan fingerprint density at radius 1 is 1.10 bits per heavy atom. The van der Waals surface area contributed by atoms with Crippen molar-refractivity contribution in [3.05, 3.63) is 65.8 Å². The van der Waals surface area contributed by atoms with Gasteiger partial charge in [0.05, 0.1) is 5.69 Å². The van der Waals surface area contributed by atoms with Crippen LogP contribution < -0.4 is 5.32 Å². The maximum atomic E-state index is 4.38. The SMILES string of the molecule is CC1C=Cc2ncnc(NC3=CCC=CC=C3)c2C=C1. The molecule has 0 amide bonds. The molecule has 1 aromatic rings. The van der Waals surface area contributed by atoms with Crippen LogP contribution in [0.15, 0.2) is 54.6 Å². The van der Waals surface area contributed by atoms with E-state index in [9.17, 15) is 0 Å². The molecular formula is C17H17N3. The Kier molecular flexibility index (Phi) is 3.59. The first-order chi connectivity index (χ1) is 9.83. The van der Waals surface area contributed by atoms with Crippen molar-refractivity contribution in [3.8, 4) is 0 Å². The molecule has 0 radical (unpaired) electrons. The van der Waals surface area contributed by atoms with Gasteiger partial charge in [0, 0.05) is 11.3 Å². The molecule has 1 unspecified atom stereocenters. The molecule has 0 spiro atoms. The zero-order valence-corrected chi connectivity index (χ0v) is 11.5. The third kappa shape index (κ3) is 2.77. The standard InChI is InChI=1S/C17H17N3/c1-13-8-10-15-16(11-9-13)18-12-19-17(15)20-14-6-4-2-3-5-7-14/h2-4,6-13H,5H2,1H3,(H,18,19,20). The van der Waals surface area contributed by atoms with E-state index in [4.69, 9.17) is 0 Å². The van der Waals surface area contributed by atoms with Crippen molar-refractivity contribution in [1.29, 1.82) is 0 Å². The average molecular weight is 263 g/mol. The molecule has 100 valence electrons. The van der Waals surface area contributed by atoms with Crippen LogP contribution in [-0.4, -0.2) is 9.97 Å². The van der Waals surface area contributed by atoms with Gasteiger partial charge in [0.2, 0.25) is 0 Å². The molecule has 2 aliphatic carbocycles. The van der Waals surface area contributed by atoms with Gasteiger partial charge in [-0.25, -0.2) is 9.97 Å². The number of nitrogens with one attached hydrogen (secondary N) is 1. The van der Waals surface area contributed by atoms with E-state index in [-0.39, 0.29) is 0 Å². The largest absolute Gasteiger partial charge is 0.340 e. The number of nitrogens with zero attached hydrogens (tertiary/aromatic N) is 2. The molecular weight excluding hydrogens is 246 g/mol. The molecule has 0 saturated carbocycles. The van der Waals surface area contributed by atoms with E-state index in [1.807, 2.05) is 6.08 Å². The summed E-state index contributed by atoms with van der Waals surface area (Å²) in [6.07, 6.45) is 21.4. The highest BCUT2D eigenvalue weighted by molar-refractivity contribution is 5.74. The molecule has 1 atom stereocenters. The Hall–Kier alpha value is -2.42. The highest BCUT2D eigenvalue weighted by atomic mass is 15.0. The molecule has 0 aromatic carbocycles. The van der Waals surface area contributed by atoms with Gasteiger partial charge in [-0.1, -0.05) is 49.5 Å². The summed E-state index contributed by atoms with van der Waals surface area (Å²) in [6, 6.07) is 0. The van der Waals surface area contributed by atoms with Gasteiger partial charge >= 0.3 is 0 Å². The molecule has 0 aliphatic heterocycles. The van der Waals surface area contributed by atoms with Crippen LogP contribution in [0, 0.1) is 5.92 Å². The molecule has 3 nitrogen and oxygen atoms in total. The fraction of sp³-hybridized carbons (Fsp3) is 0.176. The van der Waals surface area contributed by atoms with Gasteiger partial charge in [-0.05, 0) is 24.5 Å². The van der Waals surface area contributed by atoms with Crippen LogP contribution in [0.2, 0.25) is 0 Å². The van der Waals surface area contributed by atoms with Gasteiger partial charge in [0.25, 0.3) is 0 Å². The lowest BCUT2D eigenvalue weighted by molar-refractivity contribution is 0.953. The van der Waals surface area contributed by atoms with Crippen LogP contribution in [0.25, 0.3) is 12.2 Å². The Labute approximate surface area is 119 Å². The summed E-state index contributed by atoms with van der Waals surface area (Å²) in [5.74, 6) is 1.26. The predicted octanol–water partition coefficient (Wildman–Crippen LogP) is 3.96. The Bertz CT molecular complexity index is 648. The Morgan fingerprint density at radius 3 is 2.95 bits per heavy atom. The average Bonchev–Trinajstić information content (AvgIpc) is 2.81. The van der Waals surface area contributed by atoms with Crippen molar-refractivity contribution in [2.24, 2.45) is 5.92 Å². The smallest absolute Gasteiger partial charge is 0.141 e. The predicted molar refractivity (Wildman–Crippen MR) is 83.9 cm³/mol. The second-order valence-corrected chi connectivity index (χ2v) is 4.91. The van der Waals surface area contributed by atoms with Crippen LogP contribution in [0.5, 0.6) is 0 Å². The molecule has 1 heterocycles. The number of hydrogen-bond acceptors (Lipinski definition) is 3. The zero-order chi connectivity index (χ0) is 13.8. The third-order valence-corrected chi connectivity index (χ3v) is 3.30. The first kappa shape index (κ1) is 12.6. The monoisotopic (exact) mass is 263 g/mol. The van der Waals surface area contributed by atoms with Crippen LogP contribution >= 0.6 is 0 Å². The maximum Gasteiger partial charge on any atom is 0.141 e. The zero-order valence-electron chi connectivity index (χ0n) is 11.5. The van der Waals surface area contributed by atoms with Gasteiger partial charge in [-0.15, -0.1) is 0 Å². The van der Waals surface area contributed by atoms with Crippen molar-refractivity contribution >= 4 is 18.0 Å². The summed E-state index contributed by atoms with van der Waals surface area (Å²) in [7, 11) is 0. The van der Waals surface area contributed by atoms with E-state index in [0.29, 0.717) is 5.92 Å². The summed E-state index contributed by atoms with van der Waals surface area (Å²) in [5, 5.41) is 3.39. The highest BCUT2D eigenvalue weighted by Crippen LogP contribution is 2.24. The van der Waals surface area contributed by atoms with E-state index in [2.05, 4.69) is 70.8 Å². The van der Waals surface area contributed by atoms with Crippen LogP contribution in [0.1, 0.15) is 24.6 Å². The van der Waals surface area contributed by atoms with Crippen molar-refractivity contribution in [2.45, 2.75) is 13.3 Å². The van der Waals surface area contributed by atoms with E-state index >= 15 is 0 Å². The first-order valence-electron chi connectivity index (χ1n) is 6.85. The van der Waals surface area contributed by atoms with Crippen LogP contribution in [-0.2, 0) is 0 Å². The second kappa shape index (κ2) is 5.70. The number of anilines is 1. The van der Waals surface area contributed by atoms with E-state index in [1.165, 1.54) is 0 Å². The molecule has 1 N–H and O–H groups in total. The number of allylic oxidation sites excluding steroid dienone is 7. The van der Waals surface area contributed by atoms with Gasteiger partial charge in [-0.3, -0.25) is 0 Å². The lowest BCUT2D eigenvalue weighted by Crippen LogP contribution is -2.03. The highest BCUT2D eigenvalue weighted by Gasteiger charge is 2.10. The quantitative estimate of drug-likeness (QED) is 0.877. The summed E-state index contributed by atoms with van der Waals surface area (Å²) in [4.78, 5) is 8.73. The molecule has 0 saturated heterocycles. The number of aromatic nitrogens is 2. The minimum absolute atomic E-state index is 0.415. The van der Waals surface area contributed by atoms with Crippen molar-refractivity contribution in [1.82, 2.24) is 9.97 Å². The van der Waals surface area contributed by atoms with Gasteiger partial charge in [-0.2, -0.15) is 0 Å². The normalized spacial score (nSPS) is 20.1. The summed E-state index contributed by atoms with van der Waals surface area (Å²) >= 11 is 0. The second-order valence-electron chi connectivity index (χ2n) is 4.91. The number of hydrogen-bond donors (Lipinski definition) is 1. The molecule has 0 bridgehead atoms. The van der Waals surface area contributed by atoms with E-state index < -0.39 is 0 Å². The van der Waals surface area contributed by atoms with Crippen molar-refractivity contribution < 1.29 is 0 Å². The lowest BCUT2D eigenvalue weighted by Gasteiger charge is -2.10. The summed E-state index contributed by atoms with van der Waals surface area (Å²) < 4.78 is 0. The Balaban J connectivity index is 1.94. The van der Waals surface area contributed by atoms with Gasteiger partial charge < -0.3 is 5.32 Å². The molecule has 2 aliphatic rings. The number of fused-ring (bicyclic) bond motifs is 1. The minimum Gasteiger partial charge on any atom is -0.340 e. The first-order valence-corrected chi connectivity index (χ1v) is 6.85. The van der Waals surface area contributed by atoms with Gasteiger partial charge in [0.1, 0.15) is 12.1 Å². The fourth-order valence-electron chi connectivity index (χ4n) is 2.17. The molecule has 3 rings (SSSR count). The Morgan fingerprint density at radius 2 is 2.00 bits per heavy atom. The van der Waals surface area contributed by atoms with E-state index in [1.54, 1.807) is 6.33 Å². The maximum absolute atomic E-state index is 4.38. The number of rotatable bonds is 2. The van der Waals surface area contributed by atoms with E-state index in [0.717, 1.165) is 29.2 Å². The topological polar surface area (TPSA) is 37.8 Å². The third-order valence-electron chi connectivity index (χ3n) is 3.30. The summed E-state index contributed by atoms with van der Waals surface area (Å²) in [5.41, 5.74) is 3.06. The van der Waals surface area contributed by atoms with Gasteiger partial charge in [0.15, 0.2) is 0 Å².